The van der Waals surface area contributed by atoms with E-state index in [9.17, 15) is 4.79 Å². The second kappa shape index (κ2) is 6.17. The molecule has 1 heterocycles. The topological polar surface area (TPSA) is 42.0 Å². The fourth-order valence-corrected chi connectivity index (χ4v) is 2.14. The smallest absolute Gasteiger partial charge is 0.253 e. The van der Waals surface area contributed by atoms with Crippen LogP contribution in [0, 0.1) is 0 Å². The Morgan fingerprint density at radius 2 is 2.00 bits per heavy atom. The van der Waals surface area contributed by atoms with Gasteiger partial charge in [-0.2, -0.15) is 0 Å². The Morgan fingerprint density at radius 1 is 1.32 bits per heavy atom. The average Bonchev–Trinajstić information content (AvgIpc) is 2.39. The molecule has 0 fully saturated rings. The lowest BCUT2D eigenvalue weighted by atomic mass is 10.1. The first-order chi connectivity index (χ1) is 9.08. The quantitative estimate of drug-likeness (QED) is 0.918. The van der Waals surface area contributed by atoms with Crippen molar-refractivity contribution in [3.8, 4) is 0 Å². The third-order valence-corrected chi connectivity index (χ3v) is 3.56. The molecule has 2 rings (SSSR count). The highest BCUT2D eigenvalue weighted by Crippen LogP contribution is 2.18. The molecule has 0 spiro atoms. The van der Waals surface area contributed by atoms with Crippen LogP contribution in [-0.2, 0) is 0 Å². The molecule has 0 saturated heterocycles. The molecule has 1 aromatic carbocycles. The van der Waals surface area contributed by atoms with E-state index in [0.717, 1.165) is 10.0 Å². The maximum atomic E-state index is 12.1. The molecular weight excluding hydrogens is 328 g/mol. The number of nitrogens with zero attached hydrogens (tertiary/aromatic N) is 1. The standard InChI is InChI=1S/C14H12BrClN2O/c1-9(10-2-4-11(15)5-3-10)18-14(19)12-6-7-17-8-13(12)16/h2-9H,1H3,(H,18,19)/t9-/m0/s1. The normalized spacial score (nSPS) is 11.9. The molecule has 3 nitrogen and oxygen atoms in total. The van der Waals surface area contributed by atoms with E-state index in [4.69, 9.17) is 11.6 Å². The van der Waals surface area contributed by atoms with Gasteiger partial charge in [-0.1, -0.05) is 39.7 Å². The molecule has 19 heavy (non-hydrogen) atoms. The predicted octanol–water partition coefficient (Wildman–Crippen LogP) is 3.99. The highest BCUT2D eigenvalue weighted by molar-refractivity contribution is 9.10. The molecule has 2 aromatic rings. The SMILES string of the molecule is C[C@H](NC(=O)c1ccncc1Cl)c1ccc(Br)cc1. The van der Waals surface area contributed by atoms with Crippen molar-refractivity contribution >= 4 is 33.4 Å². The summed E-state index contributed by atoms with van der Waals surface area (Å²) in [6.45, 7) is 1.93. The Balaban J connectivity index is 2.11. The average molecular weight is 340 g/mol. The van der Waals surface area contributed by atoms with Crippen LogP contribution in [0.5, 0.6) is 0 Å². The molecule has 1 N–H and O–H groups in total. The number of carbonyl (C=O) groups excluding carboxylic acids is 1. The van der Waals surface area contributed by atoms with Gasteiger partial charge in [0.15, 0.2) is 0 Å². The van der Waals surface area contributed by atoms with Crippen molar-refractivity contribution in [2.75, 3.05) is 0 Å². The van der Waals surface area contributed by atoms with E-state index in [1.54, 1.807) is 12.3 Å². The zero-order valence-corrected chi connectivity index (χ0v) is 12.6. The highest BCUT2D eigenvalue weighted by Gasteiger charge is 2.13. The monoisotopic (exact) mass is 338 g/mol. The van der Waals surface area contributed by atoms with Crippen LogP contribution in [0.4, 0.5) is 0 Å². The van der Waals surface area contributed by atoms with Crippen LogP contribution in [0.25, 0.3) is 0 Å². The van der Waals surface area contributed by atoms with Crippen molar-refractivity contribution < 1.29 is 4.79 Å². The van der Waals surface area contributed by atoms with Crippen LogP contribution >= 0.6 is 27.5 Å². The van der Waals surface area contributed by atoms with E-state index in [-0.39, 0.29) is 11.9 Å². The van der Waals surface area contributed by atoms with Crippen molar-refractivity contribution in [3.63, 3.8) is 0 Å². The molecule has 5 heteroatoms. The van der Waals surface area contributed by atoms with Crippen molar-refractivity contribution in [3.05, 3.63) is 63.3 Å². The first kappa shape index (κ1) is 14.0. The van der Waals surface area contributed by atoms with Gasteiger partial charge < -0.3 is 5.32 Å². The van der Waals surface area contributed by atoms with Crippen molar-refractivity contribution in [1.82, 2.24) is 10.3 Å². The molecule has 0 aliphatic rings. The van der Waals surface area contributed by atoms with Gasteiger partial charge >= 0.3 is 0 Å². The lowest BCUT2D eigenvalue weighted by Gasteiger charge is -2.15. The molecule has 0 aliphatic carbocycles. The second-order valence-electron chi connectivity index (χ2n) is 4.10. The van der Waals surface area contributed by atoms with Gasteiger partial charge in [0.05, 0.1) is 16.6 Å². The maximum Gasteiger partial charge on any atom is 0.253 e. The zero-order chi connectivity index (χ0) is 13.8. The van der Waals surface area contributed by atoms with Crippen LogP contribution in [0.15, 0.2) is 47.2 Å². The van der Waals surface area contributed by atoms with Gasteiger partial charge in [0.1, 0.15) is 0 Å². The van der Waals surface area contributed by atoms with E-state index in [2.05, 4.69) is 26.2 Å². The van der Waals surface area contributed by atoms with Crippen molar-refractivity contribution in [2.24, 2.45) is 0 Å². The minimum absolute atomic E-state index is 0.0927. The van der Waals surface area contributed by atoms with Crippen LogP contribution in [-0.4, -0.2) is 10.9 Å². The number of hydrogen-bond acceptors (Lipinski definition) is 2. The molecule has 1 atom stereocenters. The molecular formula is C14H12BrClN2O. The minimum Gasteiger partial charge on any atom is -0.345 e. The second-order valence-corrected chi connectivity index (χ2v) is 5.43. The van der Waals surface area contributed by atoms with E-state index in [1.807, 2.05) is 31.2 Å². The van der Waals surface area contributed by atoms with Crippen LogP contribution < -0.4 is 5.32 Å². The predicted molar refractivity (Wildman–Crippen MR) is 79.3 cm³/mol. The molecule has 0 aliphatic heterocycles. The lowest BCUT2D eigenvalue weighted by Crippen LogP contribution is -2.26. The van der Waals surface area contributed by atoms with E-state index >= 15 is 0 Å². The van der Waals surface area contributed by atoms with E-state index < -0.39 is 0 Å². The molecule has 98 valence electrons. The maximum absolute atomic E-state index is 12.1. The number of rotatable bonds is 3. The third kappa shape index (κ3) is 3.55. The summed E-state index contributed by atoms with van der Waals surface area (Å²) in [5.74, 6) is -0.206. The van der Waals surface area contributed by atoms with Gasteiger partial charge in [-0.3, -0.25) is 9.78 Å². The number of benzene rings is 1. The summed E-state index contributed by atoms with van der Waals surface area (Å²) in [5, 5.41) is 3.26. The summed E-state index contributed by atoms with van der Waals surface area (Å²) >= 11 is 9.32. The number of nitrogens with one attached hydrogen (secondary N) is 1. The number of aromatic nitrogens is 1. The summed E-state index contributed by atoms with van der Waals surface area (Å²) < 4.78 is 1.01. The highest BCUT2D eigenvalue weighted by atomic mass is 79.9. The van der Waals surface area contributed by atoms with Crippen LogP contribution in [0.3, 0.4) is 0 Å². The van der Waals surface area contributed by atoms with Crippen LogP contribution in [0.1, 0.15) is 28.9 Å². The molecule has 1 aromatic heterocycles. The Labute approximate surface area is 125 Å². The Bertz CT molecular complexity index is 586. The number of halogens is 2. The van der Waals surface area contributed by atoms with Crippen molar-refractivity contribution in [1.29, 1.82) is 0 Å². The first-order valence-corrected chi connectivity index (χ1v) is 6.91. The third-order valence-electron chi connectivity index (χ3n) is 2.73. The molecule has 1 amide bonds. The molecule has 0 unspecified atom stereocenters. The number of pyridine rings is 1. The molecule has 0 saturated carbocycles. The van der Waals surface area contributed by atoms with E-state index in [0.29, 0.717) is 10.6 Å². The van der Waals surface area contributed by atoms with E-state index in [1.165, 1.54) is 6.20 Å². The van der Waals surface area contributed by atoms with Gasteiger partial charge in [0, 0.05) is 16.9 Å². The fraction of sp³-hybridized carbons (Fsp3) is 0.143. The summed E-state index contributed by atoms with van der Waals surface area (Å²) in [5.41, 5.74) is 1.46. The van der Waals surface area contributed by atoms with Gasteiger partial charge in [-0.15, -0.1) is 0 Å². The zero-order valence-electron chi connectivity index (χ0n) is 10.2. The number of carbonyl (C=O) groups is 1. The molecule has 0 radical (unpaired) electrons. The van der Waals surface area contributed by atoms with Crippen molar-refractivity contribution in [2.45, 2.75) is 13.0 Å². The van der Waals surface area contributed by atoms with Gasteiger partial charge in [0.2, 0.25) is 0 Å². The lowest BCUT2D eigenvalue weighted by molar-refractivity contribution is 0.0940. The summed E-state index contributed by atoms with van der Waals surface area (Å²) in [7, 11) is 0. The van der Waals surface area contributed by atoms with Gasteiger partial charge in [-0.05, 0) is 30.7 Å². The number of hydrogen-bond donors (Lipinski definition) is 1. The minimum atomic E-state index is -0.206. The van der Waals surface area contributed by atoms with Gasteiger partial charge in [-0.25, -0.2) is 0 Å². The summed E-state index contributed by atoms with van der Waals surface area (Å²) in [4.78, 5) is 15.9. The Hall–Kier alpha value is -1.39. The first-order valence-electron chi connectivity index (χ1n) is 5.74. The fourth-order valence-electron chi connectivity index (χ4n) is 1.67. The summed E-state index contributed by atoms with van der Waals surface area (Å²) in [6, 6.07) is 9.32. The molecule has 0 bridgehead atoms. The number of amides is 1. The van der Waals surface area contributed by atoms with Crippen LogP contribution in [0.2, 0.25) is 5.02 Å². The Kier molecular flexibility index (Phi) is 4.56. The summed E-state index contributed by atoms with van der Waals surface area (Å²) in [6.07, 6.45) is 3.01. The Morgan fingerprint density at radius 3 is 2.63 bits per heavy atom. The largest absolute Gasteiger partial charge is 0.345 e. The van der Waals surface area contributed by atoms with Gasteiger partial charge in [0.25, 0.3) is 5.91 Å².